The second-order valence-corrected chi connectivity index (χ2v) is 6.24. The number of hydrogen-bond donors (Lipinski definition) is 0. The lowest BCUT2D eigenvalue weighted by Gasteiger charge is -2.48. The summed E-state index contributed by atoms with van der Waals surface area (Å²) in [7, 11) is 3.07. The number of ketones is 1. The number of ether oxygens (including phenoxy) is 1. The summed E-state index contributed by atoms with van der Waals surface area (Å²) in [5, 5.41) is 0. The molecule has 2 heterocycles. The van der Waals surface area contributed by atoms with E-state index < -0.39 is 0 Å². The van der Waals surface area contributed by atoms with Crippen LogP contribution in [0.5, 0.6) is 0 Å². The molecular formula is C14H20N2O4. The topological polar surface area (TPSA) is 66.9 Å². The molecule has 6 nitrogen and oxygen atoms in total. The van der Waals surface area contributed by atoms with Crippen LogP contribution in [0.4, 0.5) is 4.79 Å². The molecule has 1 spiro atoms. The summed E-state index contributed by atoms with van der Waals surface area (Å²) in [6.07, 6.45) is 2.79. The lowest BCUT2D eigenvalue weighted by molar-refractivity contribution is -0.151. The number of carbonyl (C=O) groups excluding carboxylic acids is 3. The van der Waals surface area contributed by atoms with Gasteiger partial charge in [0.25, 0.3) is 0 Å². The summed E-state index contributed by atoms with van der Waals surface area (Å²) in [6, 6.07) is -0.0154. The molecule has 0 radical (unpaired) electrons. The number of amides is 2. The van der Waals surface area contributed by atoms with Crippen LogP contribution in [-0.2, 0) is 14.3 Å². The maximum atomic E-state index is 12.3. The third kappa shape index (κ3) is 1.81. The van der Waals surface area contributed by atoms with Crippen LogP contribution in [0.2, 0.25) is 0 Å². The van der Waals surface area contributed by atoms with Gasteiger partial charge < -0.3 is 14.5 Å². The Balaban J connectivity index is 1.83. The molecule has 3 atom stereocenters. The number of likely N-dealkylation sites (N-methyl/N-ethyl adjacent to an activating group) is 1. The number of rotatable bonds is 1. The number of piperidine rings is 1. The van der Waals surface area contributed by atoms with Gasteiger partial charge in [-0.2, -0.15) is 0 Å². The minimum absolute atomic E-state index is 0.0154. The molecule has 0 aromatic carbocycles. The molecule has 2 aliphatic heterocycles. The second-order valence-electron chi connectivity index (χ2n) is 6.24. The first kappa shape index (κ1) is 13.4. The van der Waals surface area contributed by atoms with Crippen molar-refractivity contribution in [1.29, 1.82) is 0 Å². The standard InChI is InChI=1S/C14H20N2O4/c1-15(13(19)20-2)10-7-14-4-3-11(17)9(6-14)5-12(18)16(14)8-10/h9-10H,3-8H2,1-2H3. The quantitative estimate of drug-likeness (QED) is 0.712. The minimum Gasteiger partial charge on any atom is -0.453 e. The highest BCUT2D eigenvalue weighted by Crippen LogP contribution is 2.48. The van der Waals surface area contributed by atoms with Gasteiger partial charge in [-0.1, -0.05) is 0 Å². The van der Waals surface area contributed by atoms with Crippen molar-refractivity contribution in [3.8, 4) is 0 Å². The van der Waals surface area contributed by atoms with Crippen molar-refractivity contribution < 1.29 is 19.1 Å². The Hall–Kier alpha value is -1.59. The molecule has 3 fully saturated rings. The minimum atomic E-state index is -0.373. The van der Waals surface area contributed by atoms with Crippen LogP contribution in [0, 0.1) is 5.92 Å². The Bertz CT molecular complexity index is 478. The van der Waals surface area contributed by atoms with E-state index in [-0.39, 0.29) is 35.3 Å². The van der Waals surface area contributed by atoms with Crippen LogP contribution in [0.3, 0.4) is 0 Å². The summed E-state index contributed by atoms with van der Waals surface area (Å²) in [5.41, 5.74) is -0.207. The normalized spacial score (nSPS) is 35.8. The Morgan fingerprint density at radius 3 is 2.85 bits per heavy atom. The molecule has 20 heavy (non-hydrogen) atoms. The van der Waals surface area contributed by atoms with Crippen LogP contribution < -0.4 is 0 Å². The van der Waals surface area contributed by atoms with Crippen LogP contribution in [-0.4, -0.2) is 59.9 Å². The Kier molecular flexibility index (Phi) is 2.99. The first-order valence-corrected chi connectivity index (χ1v) is 7.11. The van der Waals surface area contributed by atoms with E-state index in [0.717, 1.165) is 19.3 Å². The second kappa shape index (κ2) is 4.46. The van der Waals surface area contributed by atoms with Crippen molar-refractivity contribution in [3.63, 3.8) is 0 Å². The molecule has 0 aromatic rings. The van der Waals surface area contributed by atoms with Gasteiger partial charge in [0, 0.05) is 37.9 Å². The first-order chi connectivity index (χ1) is 9.47. The van der Waals surface area contributed by atoms with Crippen molar-refractivity contribution in [1.82, 2.24) is 9.80 Å². The van der Waals surface area contributed by atoms with Crippen molar-refractivity contribution in [2.45, 2.75) is 43.7 Å². The average Bonchev–Trinajstić information content (AvgIpc) is 2.81. The van der Waals surface area contributed by atoms with E-state index in [1.54, 1.807) is 11.9 Å². The fourth-order valence-corrected chi connectivity index (χ4v) is 4.11. The van der Waals surface area contributed by atoms with Crippen molar-refractivity contribution in [3.05, 3.63) is 0 Å². The Morgan fingerprint density at radius 2 is 2.15 bits per heavy atom. The predicted molar refractivity (Wildman–Crippen MR) is 70.0 cm³/mol. The average molecular weight is 280 g/mol. The van der Waals surface area contributed by atoms with Gasteiger partial charge in [0.05, 0.1) is 13.2 Å². The largest absolute Gasteiger partial charge is 0.453 e. The molecule has 2 bridgehead atoms. The van der Waals surface area contributed by atoms with Gasteiger partial charge in [-0.15, -0.1) is 0 Å². The molecule has 1 saturated carbocycles. The molecule has 2 saturated heterocycles. The summed E-state index contributed by atoms with van der Waals surface area (Å²) in [4.78, 5) is 39.3. The zero-order valence-corrected chi connectivity index (χ0v) is 11.9. The van der Waals surface area contributed by atoms with Gasteiger partial charge >= 0.3 is 6.09 Å². The van der Waals surface area contributed by atoms with Gasteiger partial charge in [-0.25, -0.2) is 4.79 Å². The Morgan fingerprint density at radius 1 is 1.40 bits per heavy atom. The van der Waals surface area contributed by atoms with Crippen molar-refractivity contribution in [2.75, 3.05) is 20.7 Å². The highest BCUT2D eigenvalue weighted by molar-refractivity contribution is 5.90. The molecular weight excluding hydrogens is 260 g/mol. The van der Waals surface area contributed by atoms with E-state index >= 15 is 0 Å². The van der Waals surface area contributed by atoms with Gasteiger partial charge in [0.2, 0.25) is 5.91 Å². The highest BCUT2D eigenvalue weighted by Gasteiger charge is 2.56. The lowest BCUT2D eigenvalue weighted by atomic mass is 9.69. The zero-order chi connectivity index (χ0) is 14.5. The van der Waals surface area contributed by atoms with E-state index in [2.05, 4.69) is 0 Å². The molecule has 3 rings (SSSR count). The van der Waals surface area contributed by atoms with Crippen LogP contribution >= 0.6 is 0 Å². The van der Waals surface area contributed by atoms with Gasteiger partial charge in [-0.05, 0) is 19.3 Å². The molecule has 6 heteroatoms. The number of Topliss-reactive ketones (excluding diaryl/α,β-unsaturated/α-hetero) is 1. The predicted octanol–water partition coefficient (Wildman–Crippen LogP) is 0.797. The molecule has 3 aliphatic rings. The third-order valence-electron chi connectivity index (χ3n) is 5.23. The van der Waals surface area contributed by atoms with E-state index in [1.165, 1.54) is 7.11 Å². The van der Waals surface area contributed by atoms with Crippen molar-refractivity contribution in [2.24, 2.45) is 5.92 Å². The SMILES string of the molecule is COC(=O)N(C)C1CN2C(=O)CC3CC2(CCC3=O)C1. The van der Waals surface area contributed by atoms with Crippen molar-refractivity contribution >= 4 is 17.8 Å². The highest BCUT2D eigenvalue weighted by atomic mass is 16.5. The van der Waals surface area contributed by atoms with Crippen LogP contribution in [0.15, 0.2) is 0 Å². The maximum Gasteiger partial charge on any atom is 0.409 e. The molecule has 0 N–H and O–H groups in total. The number of nitrogens with zero attached hydrogens (tertiary/aromatic N) is 2. The zero-order valence-electron chi connectivity index (χ0n) is 11.9. The molecule has 2 amide bonds. The lowest BCUT2D eigenvalue weighted by Crippen LogP contribution is -2.56. The fraction of sp³-hybridized carbons (Fsp3) is 0.786. The number of hydrogen-bond acceptors (Lipinski definition) is 4. The molecule has 0 aromatic heterocycles. The van der Waals surface area contributed by atoms with E-state index in [1.807, 2.05) is 4.90 Å². The summed E-state index contributed by atoms with van der Waals surface area (Å²) in [5.74, 6) is 0.193. The first-order valence-electron chi connectivity index (χ1n) is 7.11. The van der Waals surface area contributed by atoms with E-state index in [4.69, 9.17) is 4.74 Å². The molecule has 110 valence electrons. The summed E-state index contributed by atoms with van der Waals surface area (Å²) < 4.78 is 4.75. The monoisotopic (exact) mass is 280 g/mol. The number of fused-ring (bicyclic) bond motifs is 1. The van der Waals surface area contributed by atoms with Gasteiger partial charge in [0.15, 0.2) is 0 Å². The number of methoxy groups -OCH3 is 1. The summed E-state index contributed by atoms with van der Waals surface area (Å²) in [6.45, 7) is 0.561. The maximum absolute atomic E-state index is 12.3. The van der Waals surface area contributed by atoms with Crippen LogP contribution in [0.25, 0.3) is 0 Å². The molecule has 1 aliphatic carbocycles. The van der Waals surface area contributed by atoms with Gasteiger partial charge in [0.1, 0.15) is 5.78 Å². The van der Waals surface area contributed by atoms with E-state index in [0.29, 0.717) is 19.4 Å². The van der Waals surface area contributed by atoms with Crippen LogP contribution in [0.1, 0.15) is 32.1 Å². The summed E-state index contributed by atoms with van der Waals surface area (Å²) >= 11 is 0. The number of carbonyl (C=O) groups is 3. The molecule has 3 unspecified atom stereocenters. The third-order valence-corrected chi connectivity index (χ3v) is 5.23. The van der Waals surface area contributed by atoms with Gasteiger partial charge in [-0.3, -0.25) is 9.59 Å². The smallest absolute Gasteiger partial charge is 0.409 e. The fourth-order valence-electron chi connectivity index (χ4n) is 4.11. The Labute approximate surface area is 118 Å². The van der Waals surface area contributed by atoms with E-state index in [9.17, 15) is 14.4 Å².